The van der Waals surface area contributed by atoms with Crippen molar-refractivity contribution in [2.24, 2.45) is 0 Å². The Bertz CT molecular complexity index is 516. The summed E-state index contributed by atoms with van der Waals surface area (Å²) in [6, 6.07) is 5.57. The predicted molar refractivity (Wildman–Crippen MR) is 77.5 cm³/mol. The highest BCUT2D eigenvalue weighted by Gasteiger charge is 2.30. The van der Waals surface area contributed by atoms with Gasteiger partial charge in [0, 0.05) is 6.54 Å². The molecule has 0 atom stereocenters. The molecule has 0 N–H and O–H groups in total. The maximum absolute atomic E-state index is 11.9. The summed E-state index contributed by atoms with van der Waals surface area (Å²) in [5.41, 5.74) is 0.746. The summed E-state index contributed by atoms with van der Waals surface area (Å²) in [7, 11) is 0. The van der Waals surface area contributed by atoms with Crippen LogP contribution in [0.5, 0.6) is 0 Å². The van der Waals surface area contributed by atoms with Crippen molar-refractivity contribution in [2.75, 3.05) is 6.54 Å². The molecule has 6 heteroatoms. The van der Waals surface area contributed by atoms with Gasteiger partial charge in [-0.15, -0.1) is 0 Å². The van der Waals surface area contributed by atoms with Gasteiger partial charge < -0.3 is 0 Å². The summed E-state index contributed by atoms with van der Waals surface area (Å²) >= 11 is 9.75. The molecule has 0 unspecified atom stereocenters. The fraction of sp³-hybridized carbons (Fsp3) is 0.182. The van der Waals surface area contributed by atoms with Crippen molar-refractivity contribution in [3.8, 4) is 0 Å². The Labute approximate surface area is 117 Å². The minimum absolute atomic E-state index is 0.0377. The quantitative estimate of drug-likeness (QED) is 0.474. The number of thiocarbonyl (C=S) groups is 1. The van der Waals surface area contributed by atoms with Crippen molar-refractivity contribution in [2.45, 2.75) is 6.92 Å². The van der Waals surface area contributed by atoms with Crippen LogP contribution in [0.2, 0.25) is 0 Å². The van der Waals surface area contributed by atoms with E-state index in [1.807, 2.05) is 25.1 Å². The maximum atomic E-state index is 11.9. The zero-order chi connectivity index (χ0) is 12.4. The van der Waals surface area contributed by atoms with E-state index in [2.05, 4.69) is 20.9 Å². The van der Waals surface area contributed by atoms with Gasteiger partial charge in [0.1, 0.15) is 8.92 Å². The molecule has 1 aliphatic heterocycles. The molecule has 0 aliphatic carbocycles. The number of aromatic nitrogens is 1. The van der Waals surface area contributed by atoms with E-state index in [9.17, 15) is 4.79 Å². The fourth-order valence-corrected chi connectivity index (χ4v) is 3.14. The molecule has 0 aromatic carbocycles. The Hall–Kier alpha value is -0.720. The number of likely N-dealkylation sites (N-methyl/N-ethyl adjacent to an activating group) is 1. The zero-order valence-electron chi connectivity index (χ0n) is 9.01. The fourth-order valence-electron chi connectivity index (χ4n) is 1.41. The Kier molecular flexibility index (Phi) is 3.96. The number of rotatable bonds is 2. The lowest BCUT2D eigenvalue weighted by Gasteiger charge is -2.09. The number of amides is 1. The third kappa shape index (κ3) is 2.75. The molecule has 1 aromatic rings. The number of carbonyl (C=O) groups is 1. The van der Waals surface area contributed by atoms with Gasteiger partial charge in [-0.25, -0.2) is 4.98 Å². The van der Waals surface area contributed by atoms with Crippen LogP contribution in [0.25, 0.3) is 6.08 Å². The van der Waals surface area contributed by atoms with Crippen LogP contribution in [0.15, 0.2) is 27.7 Å². The van der Waals surface area contributed by atoms with E-state index in [1.54, 1.807) is 11.0 Å². The zero-order valence-corrected chi connectivity index (χ0v) is 12.2. The summed E-state index contributed by atoms with van der Waals surface area (Å²) in [4.78, 5) is 18.4. The molecule has 2 rings (SSSR count). The maximum Gasteiger partial charge on any atom is 0.266 e. The van der Waals surface area contributed by atoms with Crippen molar-refractivity contribution in [3.05, 3.63) is 33.4 Å². The van der Waals surface area contributed by atoms with Gasteiger partial charge in [-0.2, -0.15) is 0 Å². The lowest BCUT2D eigenvalue weighted by molar-refractivity contribution is -0.121. The number of hydrogen-bond donors (Lipinski definition) is 0. The molecule has 1 fully saturated rings. The van der Waals surface area contributed by atoms with Crippen LogP contribution >= 0.6 is 39.9 Å². The molecule has 3 nitrogen and oxygen atoms in total. The van der Waals surface area contributed by atoms with Crippen molar-refractivity contribution >= 4 is 56.2 Å². The number of thioether (sulfide) groups is 1. The van der Waals surface area contributed by atoms with Gasteiger partial charge in [-0.05, 0) is 41.1 Å². The van der Waals surface area contributed by atoms with E-state index >= 15 is 0 Å². The average molecular weight is 329 g/mol. The van der Waals surface area contributed by atoms with E-state index in [1.165, 1.54) is 11.8 Å². The van der Waals surface area contributed by atoms with Crippen molar-refractivity contribution < 1.29 is 4.79 Å². The number of hydrogen-bond acceptors (Lipinski definition) is 4. The summed E-state index contributed by atoms with van der Waals surface area (Å²) in [6.45, 7) is 2.51. The molecule has 88 valence electrons. The third-order valence-electron chi connectivity index (χ3n) is 2.21. The molecule has 0 saturated carbocycles. The topological polar surface area (TPSA) is 33.2 Å². The SMILES string of the molecule is CCN1C(=O)/C(=C/c2cccc(Br)n2)SC1=S. The lowest BCUT2D eigenvalue weighted by atomic mass is 10.3. The first-order valence-electron chi connectivity index (χ1n) is 4.99. The molecule has 1 aliphatic rings. The first kappa shape index (κ1) is 12.7. The van der Waals surface area contributed by atoms with Crippen LogP contribution < -0.4 is 0 Å². The second kappa shape index (κ2) is 5.29. The number of carbonyl (C=O) groups excluding carboxylic acids is 1. The normalized spacial score (nSPS) is 18.2. The van der Waals surface area contributed by atoms with Crippen LogP contribution in [-0.4, -0.2) is 26.7 Å². The van der Waals surface area contributed by atoms with Gasteiger partial charge in [0.25, 0.3) is 5.91 Å². The smallest absolute Gasteiger partial charge is 0.266 e. The Morgan fingerprint density at radius 1 is 1.59 bits per heavy atom. The summed E-state index contributed by atoms with van der Waals surface area (Å²) < 4.78 is 1.36. The summed E-state index contributed by atoms with van der Waals surface area (Å²) in [5, 5.41) is 0. The average Bonchev–Trinajstić information content (AvgIpc) is 2.54. The van der Waals surface area contributed by atoms with Crippen molar-refractivity contribution in [1.82, 2.24) is 9.88 Å². The molecule has 1 aromatic heterocycles. The first-order chi connectivity index (χ1) is 8.11. The number of pyridine rings is 1. The largest absolute Gasteiger partial charge is 0.293 e. The van der Waals surface area contributed by atoms with Gasteiger partial charge in [-0.3, -0.25) is 9.69 Å². The second-order valence-electron chi connectivity index (χ2n) is 3.31. The summed E-state index contributed by atoms with van der Waals surface area (Å²) in [6.07, 6.45) is 1.76. The molecule has 1 saturated heterocycles. The molecule has 1 amide bonds. The van der Waals surface area contributed by atoms with Gasteiger partial charge in [0.05, 0.1) is 10.6 Å². The number of halogens is 1. The lowest BCUT2D eigenvalue weighted by Crippen LogP contribution is -2.27. The molecular formula is C11H9BrN2OS2. The van der Waals surface area contributed by atoms with Crippen molar-refractivity contribution in [3.63, 3.8) is 0 Å². The standard InChI is InChI=1S/C11H9BrN2OS2/c1-2-14-10(15)8(17-11(14)16)6-7-4-3-5-9(12)13-7/h3-6H,2H2,1H3/b8-6-. The van der Waals surface area contributed by atoms with E-state index in [0.717, 1.165) is 10.3 Å². The van der Waals surface area contributed by atoms with Gasteiger partial charge in [-0.1, -0.05) is 30.0 Å². The van der Waals surface area contributed by atoms with E-state index < -0.39 is 0 Å². The summed E-state index contributed by atoms with van der Waals surface area (Å²) in [5.74, 6) is -0.0377. The monoisotopic (exact) mass is 328 g/mol. The van der Waals surface area contributed by atoms with E-state index in [-0.39, 0.29) is 5.91 Å². The Morgan fingerprint density at radius 3 is 2.94 bits per heavy atom. The van der Waals surface area contributed by atoms with Crippen LogP contribution in [0.3, 0.4) is 0 Å². The number of nitrogens with zero attached hydrogens (tertiary/aromatic N) is 2. The molecule has 0 bridgehead atoms. The predicted octanol–water partition coefficient (Wildman–Crippen LogP) is 3.07. The Balaban J connectivity index is 2.30. The Morgan fingerprint density at radius 2 is 2.35 bits per heavy atom. The van der Waals surface area contributed by atoms with Crippen LogP contribution in [0.1, 0.15) is 12.6 Å². The minimum atomic E-state index is -0.0377. The van der Waals surface area contributed by atoms with E-state index in [4.69, 9.17) is 12.2 Å². The van der Waals surface area contributed by atoms with Crippen molar-refractivity contribution in [1.29, 1.82) is 0 Å². The first-order valence-corrected chi connectivity index (χ1v) is 7.01. The molecule has 0 radical (unpaired) electrons. The van der Waals surface area contributed by atoms with Gasteiger partial charge in [0.2, 0.25) is 0 Å². The van der Waals surface area contributed by atoms with Crippen LogP contribution in [0, 0.1) is 0 Å². The molecular weight excluding hydrogens is 320 g/mol. The van der Waals surface area contributed by atoms with Gasteiger partial charge >= 0.3 is 0 Å². The van der Waals surface area contributed by atoms with Gasteiger partial charge in [0.15, 0.2) is 0 Å². The molecule has 17 heavy (non-hydrogen) atoms. The highest BCUT2D eigenvalue weighted by atomic mass is 79.9. The highest BCUT2D eigenvalue weighted by molar-refractivity contribution is 9.10. The molecule has 2 heterocycles. The van der Waals surface area contributed by atoms with Crippen LogP contribution in [0.4, 0.5) is 0 Å². The van der Waals surface area contributed by atoms with Crippen LogP contribution in [-0.2, 0) is 4.79 Å². The highest BCUT2D eigenvalue weighted by Crippen LogP contribution is 2.31. The third-order valence-corrected chi connectivity index (χ3v) is 4.02. The molecule has 0 spiro atoms. The minimum Gasteiger partial charge on any atom is -0.293 e. The second-order valence-corrected chi connectivity index (χ2v) is 5.80. The van der Waals surface area contributed by atoms with E-state index in [0.29, 0.717) is 15.8 Å².